The van der Waals surface area contributed by atoms with Gasteiger partial charge in [0.15, 0.2) is 0 Å². The lowest BCUT2D eigenvalue weighted by Gasteiger charge is -2.23. The van der Waals surface area contributed by atoms with Crippen LogP contribution in [0.5, 0.6) is 5.75 Å². The van der Waals surface area contributed by atoms with E-state index in [2.05, 4.69) is 5.32 Å². The molecule has 0 aromatic heterocycles. The number of nitro benzene ring substituents is 1. The van der Waals surface area contributed by atoms with E-state index in [1.165, 1.54) is 12.1 Å². The molecule has 3 rings (SSSR count). The zero-order valence-electron chi connectivity index (χ0n) is 16.4. The molecule has 1 saturated heterocycles. The van der Waals surface area contributed by atoms with Gasteiger partial charge in [-0.3, -0.25) is 15.4 Å². The summed E-state index contributed by atoms with van der Waals surface area (Å²) in [6.07, 6.45) is -9.88. The lowest BCUT2D eigenvalue weighted by Crippen LogP contribution is -2.44. The first kappa shape index (κ1) is 24.6. The maximum absolute atomic E-state index is 13.6. The van der Waals surface area contributed by atoms with Crippen molar-refractivity contribution in [2.75, 3.05) is 6.61 Å². The Hall–Kier alpha value is -3.04. The molecular formula is C20H14ClF6N3O3. The normalized spacial score (nSPS) is 21.0. The van der Waals surface area contributed by atoms with E-state index in [9.17, 15) is 36.5 Å². The molecule has 0 saturated carbocycles. The van der Waals surface area contributed by atoms with Gasteiger partial charge in [-0.1, -0.05) is 17.7 Å². The molecular weight excluding hydrogens is 480 g/mol. The van der Waals surface area contributed by atoms with Gasteiger partial charge in [-0.2, -0.15) is 31.6 Å². The average molecular weight is 494 g/mol. The first-order chi connectivity index (χ1) is 15.3. The molecule has 1 N–H and O–H groups in total. The topological polar surface area (TPSA) is 88.2 Å². The van der Waals surface area contributed by atoms with Crippen LogP contribution in [0.4, 0.5) is 32.0 Å². The van der Waals surface area contributed by atoms with Crippen LogP contribution >= 0.6 is 11.6 Å². The molecule has 33 heavy (non-hydrogen) atoms. The SMILES string of the molecule is N#Cc1ccc(C2CC(COc3ccc([N+](=O)[O-])cc3Cl)NC2C(F)(F)F)cc1C(F)(F)F. The Kier molecular flexibility index (Phi) is 6.76. The van der Waals surface area contributed by atoms with Crippen LogP contribution in [0.15, 0.2) is 36.4 Å². The molecule has 3 atom stereocenters. The molecule has 1 fully saturated rings. The molecule has 1 aliphatic heterocycles. The summed E-state index contributed by atoms with van der Waals surface area (Å²) in [7, 11) is 0. The van der Waals surface area contributed by atoms with Crippen molar-refractivity contribution >= 4 is 17.3 Å². The number of rotatable bonds is 5. The molecule has 13 heteroatoms. The van der Waals surface area contributed by atoms with Crippen molar-refractivity contribution in [1.29, 1.82) is 5.26 Å². The predicted octanol–water partition coefficient (Wildman–Crippen LogP) is 5.59. The number of alkyl halides is 6. The van der Waals surface area contributed by atoms with Gasteiger partial charge in [-0.25, -0.2) is 0 Å². The second-order valence-electron chi connectivity index (χ2n) is 7.32. The molecule has 176 valence electrons. The van der Waals surface area contributed by atoms with Gasteiger partial charge in [-0.15, -0.1) is 0 Å². The number of hydrogen-bond donors (Lipinski definition) is 1. The fourth-order valence-electron chi connectivity index (χ4n) is 3.68. The summed E-state index contributed by atoms with van der Waals surface area (Å²) >= 11 is 5.91. The van der Waals surface area contributed by atoms with Gasteiger partial charge < -0.3 is 4.74 Å². The first-order valence-corrected chi connectivity index (χ1v) is 9.69. The zero-order valence-corrected chi connectivity index (χ0v) is 17.1. The monoisotopic (exact) mass is 493 g/mol. The largest absolute Gasteiger partial charge is 0.490 e. The Bertz CT molecular complexity index is 1100. The van der Waals surface area contributed by atoms with Crippen LogP contribution < -0.4 is 10.1 Å². The fourth-order valence-corrected chi connectivity index (χ4v) is 3.91. The highest BCUT2D eigenvalue weighted by Crippen LogP contribution is 2.42. The quantitative estimate of drug-likeness (QED) is 0.333. The number of non-ortho nitro benzene ring substituents is 1. The van der Waals surface area contributed by atoms with Crippen molar-refractivity contribution < 1.29 is 36.0 Å². The number of ether oxygens (including phenoxy) is 1. The predicted molar refractivity (Wildman–Crippen MR) is 104 cm³/mol. The van der Waals surface area contributed by atoms with Gasteiger partial charge in [0.25, 0.3) is 5.69 Å². The van der Waals surface area contributed by atoms with E-state index in [1.807, 2.05) is 0 Å². The number of benzene rings is 2. The van der Waals surface area contributed by atoms with Gasteiger partial charge in [-0.05, 0) is 30.2 Å². The minimum Gasteiger partial charge on any atom is -0.490 e. The van der Waals surface area contributed by atoms with Crippen LogP contribution in [0.25, 0.3) is 0 Å². The summed E-state index contributed by atoms with van der Waals surface area (Å²) in [6.45, 7) is -0.316. The first-order valence-electron chi connectivity index (χ1n) is 9.32. The number of halogens is 7. The van der Waals surface area contributed by atoms with E-state index in [4.69, 9.17) is 21.6 Å². The van der Waals surface area contributed by atoms with Crippen LogP contribution in [0.1, 0.15) is 29.0 Å². The number of nitrogens with one attached hydrogen (secondary N) is 1. The molecule has 3 unspecified atom stereocenters. The summed E-state index contributed by atoms with van der Waals surface area (Å²) < 4.78 is 86.1. The minimum absolute atomic E-state index is 0.00815. The molecule has 2 aromatic rings. The lowest BCUT2D eigenvalue weighted by molar-refractivity contribution is -0.384. The zero-order chi connectivity index (χ0) is 24.6. The number of nitro groups is 1. The van der Waals surface area contributed by atoms with E-state index in [0.717, 1.165) is 24.3 Å². The van der Waals surface area contributed by atoms with Gasteiger partial charge in [0.2, 0.25) is 0 Å². The molecule has 1 aliphatic rings. The average Bonchev–Trinajstić information content (AvgIpc) is 3.16. The summed E-state index contributed by atoms with van der Waals surface area (Å²) in [5.74, 6) is -1.35. The second kappa shape index (κ2) is 9.07. The van der Waals surface area contributed by atoms with Crippen LogP contribution in [-0.4, -0.2) is 29.8 Å². The molecule has 0 aliphatic carbocycles. The molecule has 6 nitrogen and oxygen atoms in total. The third-order valence-electron chi connectivity index (χ3n) is 5.17. The number of nitriles is 1. The highest BCUT2D eigenvalue weighted by atomic mass is 35.5. The highest BCUT2D eigenvalue weighted by molar-refractivity contribution is 6.32. The molecule has 0 amide bonds. The van der Waals surface area contributed by atoms with Crippen molar-refractivity contribution in [3.63, 3.8) is 0 Å². The lowest BCUT2D eigenvalue weighted by atomic mass is 9.88. The van der Waals surface area contributed by atoms with Crippen molar-refractivity contribution in [2.24, 2.45) is 0 Å². The summed E-state index contributed by atoms with van der Waals surface area (Å²) in [6, 6.07) is 4.18. The Morgan fingerprint density at radius 1 is 1.18 bits per heavy atom. The smallest absolute Gasteiger partial charge is 0.417 e. The van der Waals surface area contributed by atoms with Crippen LogP contribution in [0.3, 0.4) is 0 Å². The Morgan fingerprint density at radius 2 is 1.88 bits per heavy atom. The van der Waals surface area contributed by atoms with E-state index in [-0.39, 0.29) is 35.1 Å². The highest BCUT2D eigenvalue weighted by Gasteiger charge is 2.51. The van der Waals surface area contributed by atoms with Crippen LogP contribution in [0.2, 0.25) is 5.02 Å². The van der Waals surface area contributed by atoms with Crippen molar-refractivity contribution in [2.45, 2.75) is 36.8 Å². The number of hydrogen-bond acceptors (Lipinski definition) is 5. The summed E-state index contributed by atoms with van der Waals surface area (Å²) in [4.78, 5) is 10.1. The van der Waals surface area contributed by atoms with Crippen LogP contribution in [0, 0.1) is 21.4 Å². The van der Waals surface area contributed by atoms with E-state index >= 15 is 0 Å². The van der Waals surface area contributed by atoms with Crippen molar-refractivity contribution in [1.82, 2.24) is 5.32 Å². The van der Waals surface area contributed by atoms with Gasteiger partial charge in [0.1, 0.15) is 18.4 Å². The standard InChI is InChI=1S/C20H14ClF6N3O3/c21-16-7-13(30(31)32)3-4-17(16)33-9-12-6-14(18(29-12)20(25,26)27)10-1-2-11(8-28)15(5-10)19(22,23)24/h1-5,7,12,14,18,29H,6,9H2. The second-order valence-corrected chi connectivity index (χ2v) is 7.73. The maximum atomic E-state index is 13.6. The number of nitrogens with zero attached hydrogens (tertiary/aromatic N) is 2. The summed E-state index contributed by atoms with van der Waals surface area (Å²) in [5.41, 5.74) is -2.51. The van der Waals surface area contributed by atoms with Gasteiger partial charge >= 0.3 is 12.4 Å². The maximum Gasteiger partial charge on any atom is 0.417 e. The van der Waals surface area contributed by atoms with E-state index < -0.39 is 46.4 Å². The van der Waals surface area contributed by atoms with E-state index in [1.54, 1.807) is 0 Å². The Balaban J connectivity index is 1.83. The molecule has 1 heterocycles. The Labute approximate surface area is 187 Å². The fraction of sp³-hybridized carbons (Fsp3) is 0.350. The third kappa shape index (κ3) is 5.48. The van der Waals surface area contributed by atoms with Gasteiger partial charge in [0, 0.05) is 24.1 Å². The minimum atomic E-state index is -4.91. The third-order valence-corrected chi connectivity index (χ3v) is 5.47. The Morgan fingerprint density at radius 3 is 2.42 bits per heavy atom. The van der Waals surface area contributed by atoms with Crippen molar-refractivity contribution in [3.8, 4) is 11.8 Å². The molecule has 0 spiro atoms. The van der Waals surface area contributed by atoms with Crippen molar-refractivity contribution in [3.05, 3.63) is 68.2 Å². The van der Waals surface area contributed by atoms with Crippen LogP contribution in [-0.2, 0) is 6.18 Å². The summed E-state index contributed by atoms with van der Waals surface area (Å²) in [5, 5.41) is 21.9. The molecule has 0 bridgehead atoms. The van der Waals surface area contributed by atoms with Gasteiger partial charge in [0.05, 0.1) is 27.1 Å². The molecule has 0 radical (unpaired) electrons. The molecule has 2 aromatic carbocycles. The van der Waals surface area contributed by atoms with E-state index in [0.29, 0.717) is 6.07 Å².